The first-order valence-corrected chi connectivity index (χ1v) is 9.96. The molecule has 0 aliphatic carbocycles. The van der Waals surface area contributed by atoms with E-state index in [9.17, 15) is 4.79 Å². The Kier molecular flexibility index (Phi) is 5.72. The zero-order valence-corrected chi connectivity index (χ0v) is 17.1. The molecule has 30 heavy (non-hydrogen) atoms. The molecular formula is C22H21ClN4O3. The van der Waals surface area contributed by atoms with Gasteiger partial charge in [0.1, 0.15) is 18.6 Å². The van der Waals surface area contributed by atoms with Gasteiger partial charge in [0.25, 0.3) is 0 Å². The van der Waals surface area contributed by atoms with E-state index in [2.05, 4.69) is 20.2 Å². The average Bonchev–Trinajstić information content (AvgIpc) is 2.74. The van der Waals surface area contributed by atoms with E-state index < -0.39 is 5.97 Å². The minimum Gasteiger partial charge on any atom is -0.478 e. The van der Waals surface area contributed by atoms with Gasteiger partial charge in [-0.2, -0.15) is 4.98 Å². The summed E-state index contributed by atoms with van der Waals surface area (Å²) >= 11 is 6.14. The molecule has 1 aliphatic rings. The zero-order chi connectivity index (χ0) is 21.1. The number of ether oxygens (including phenoxy) is 1. The molecule has 2 heterocycles. The van der Waals surface area contributed by atoms with Gasteiger partial charge in [-0.25, -0.2) is 9.78 Å². The number of anilines is 2. The predicted molar refractivity (Wildman–Crippen MR) is 115 cm³/mol. The Morgan fingerprint density at radius 3 is 2.80 bits per heavy atom. The van der Waals surface area contributed by atoms with E-state index in [0.29, 0.717) is 36.4 Å². The number of nitrogens with zero attached hydrogens (tertiary/aromatic N) is 3. The maximum absolute atomic E-state index is 11.1. The number of carboxylic acid groups (broad SMARTS) is 1. The maximum atomic E-state index is 11.1. The Bertz CT molecular complexity index is 1060. The number of aromatic nitrogens is 2. The van der Waals surface area contributed by atoms with Gasteiger partial charge in [0.15, 0.2) is 5.82 Å². The minimum atomic E-state index is -0.944. The summed E-state index contributed by atoms with van der Waals surface area (Å²) in [5.41, 5.74) is 3.09. The standard InChI is InChI=1S/C22H21ClN4O3/c1-14(16-5-7-17(8-6-16)22(28)29)26-20-19-21(25-13-24-20)30-10-9-27(19)12-15-3-2-4-18(23)11-15/h2-8,11,13-14H,9-10,12H2,1H3,(H,28,29)(H,24,25,26). The van der Waals surface area contributed by atoms with Crippen LogP contribution in [0.4, 0.5) is 11.5 Å². The lowest BCUT2D eigenvalue weighted by molar-refractivity contribution is 0.0697. The van der Waals surface area contributed by atoms with Crippen molar-refractivity contribution in [3.8, 4) is 5.88 Å². The van der Waals surface area contributed by atoms with Crippen LogP contribution in [0.2, 0.25) is 5.02 Å². The zero-order valence-electron chi connectivity index (χ0n) is 16.4. The van der Waals surface area contributed by atoms with Crippen molar-refractivity contribution in [2.75, 3.05) is 23.4 Å². The molecule has 0 amide bonds. The van der Waals surface area contributed by atoms with Crippen LogP contribution in [0.3, 0.4) is 0 Å². The van der Waals surface area contributed by atoms with Gasteiger partial charge in [0.05, 0.1) is 18.2 Å². The highest BCUT2D eigenvalue weighted by molar-refractivity contribution is 6.30. The van der Waals surface area contributed by atoms with Gasteiger partial charge in [-0.05, 0) is 42.3 Å². The van der Waals surface area contributed by atoms with E-state index in [1.165, 1.54) is 6.33 Å². The van der Waals surface area contributed by atoms with Crippen molar-refractivity contribution in [2.24, 2.45) is 0 Å². The number of nitrogens with one attached hydrogen (secondary N) is 1. The molecule has 8 heteroatoms. The molecule has 0 saturated carbocycles. The monoisotopic (exact) mass is 424 g/mol. The number of carboxylic acids is 1. The van der Waals surface area contributed by atoms with Crippen LogP contribution < -0.4 is 15.0 Å². The van der Waals surface area contributed by atoms with Crippen molar-refractivity contribution in [3.63, 3.8) is 0 Å². The number of hydrogen-bond donors (Lipinski definition) is 2. The topological polar surface area (TPSA) is 87.6 Å². The Morgan fingerprint density at radius 2 is 2.07 bits per heavy atom. The molecule has 154 valence electrons. The molecule has 1 unspecified atom stereocenters. The predicted octanol–water partition coefficient (Wildman–Crippen LogP) is 4.40. The second kappa shape index (κ2) is 8.59. The van der Waals surface area contributed by atoms with Gasteiger partial charge in [0.2, 0.25) is 5.88 Å². The van der Waals surface area contributed by atoms with Crippen LogP contribution >= 0.6 is 11.6 Å². The number of halogens is 1. The van der Waals surface area contributed by atoms with Crippen LogP contribution in [0.15, 0.2) is 54.9 Å². The van der Waals surface area contributed by atoms with Crippen molar-refractivity contribution in [3.05, 3.63) is 76.6 Å². The van der Waals surface area contributed by atoms with Crippen molar-refractivity contribution in [1.82, 2.24) is 9.97 Å². The molecule has 0 saturated heterocycles. The van der Waals surface area contributed by atoms with E-state index in [4.69, 9.17) is 21.4 Å². The Morgan fingerprint density at radius 1 is 1.27 bits per heavy atom. The van der Waals surface area contributed by atoms with Gasteiger partial charge < -0.3 is 20.1 Å². The van der Waals surface area contributed by atoms with Gasteiger partial charge in [0, 0.05) is 11.6 Å². The molecular weight excluding hydrogens is 404 g/mol. The lowest BCUT2D eigenvalue weighted by atomic mass is 10.1. The number of fused-ring (bicyclic) bond motifs is 1. The molecule has 0 bridgehead atoms. The highest BCUT2D eigenvalue weighted by Gasteiger charge is 2.25. The fourth-order valence-electron chi connectivity index (χ4n) is 3.44. The molecule has 2 N–H and O–H groups in total. The van der Waals surface area contributed by atoms with E-state index in [1.807, 2.05) is 31.2 Å². The lowest BCUT2D eigenvalue weighted by Gasteiger charge is -2.32. The Hall–Kier alpha value is -3.32. The lowest BCUT2D eigenvalue weighted by Crippen LogP contribution is -2.33. The number of carbonyl (C=O) groups is 1. The smallest absolute Gasteiger partial charge is 0.335 e. The summed E-state index contributed by atoms with van der Waals surface area (Å²) < 4.78 is 5.76. The highest BCUT2D eigenvalue weighted by Crippen LogP contribution is 2.37. The van der Waals surface area contributed by atoms with Crippen LogP contribution in [0.25, 0.3) is 0 Å². The van der Waals surface area contributed by atoms with E-state index in [1.54, 1.807) is 24.3 Å². The summed E-state index contributed by atoms with van der Waals surface area (Å²) in [6.45, 7) is 3.88. The fourth-order valence-corrected chi connectivity index (χ4v) is 3.65. The van der Waals surface area contributed by atoms with Crippen LogP contribution in [0, 0.1) is 0 Å². The van der Waals surface area contributed by atoms with E-state index >= 15 is 0 Å². The molecule has 0 spiro atoms. The molecule has 4 rings (SSSR count). The van der Waals surface area contributed by atoms with Gasteiger partial charge in [-0.3, -0.25) is 0 Å². The number of aromatic carboxylic acids is 1. The molecule has 1 aliphatic heterocycles. The molecule has 1 aromatic heterocycles. The second-order valence-electron chi connectivity index (χ2n) is 7.07. The molecule has 2 aromatic carbocycles. The third kappa shape index (κ3) is 4.31. The summed E-state index contributed by atoms with van der Waals surface area (Å²) in [5.74, 6) is 0.256. The van der Waals surface area contributed by atoms with Crippen molar-refractivity contribution >= 4 is 29.1 Å². The number of benzene rings is 2. The normalized spacial score (nSPS) is 13.9. The minimum absolute atomic E-state index is 0.0956. The van der Waals surface area contributed by atoms with Gasteiger partial charge in [-0.15, -0.1) is 0 Å². The van der Waals surface area contributed by atoms with Crippen LogP contribution in [-0.2, 0) is 6.54 Å². The quantitative estimate of drug-likeness (QED) is 0.606. The highest BCUT2D eigenvalue weighted by atomic mass is 35.5. The maximum Gasteiger partial charge on any atom is 0.335 e. The molecule has 1 atom stereocenters. The second-order valence-corrected chi connectivity index (χ2v) is 7.51. The summed E-state index contributed by atoms with van der Waals surface area (Å²) in [6.07, 6.45) is 1.48. The molecule has 0 fully saturated rings. The van der Waals surface area contributed by atoms with Crippen molar-refractivity contribution in [2.45, 2.75) is 19.5 Å². The summed E-state index contributed by atoms with van der Waals surface area (Å²) in [6, 6.07) is 14.5. The largest absolute Gasteiger partial charge is 0.478 e. The van der Waals surface area contributed by atoms with E-state index in [-0.39, 0.29) is 11.6 Å². The number of hydrogen-bond acceptors (Lipinski definition) is 6. The number of rotatable bonds is 6. The first-order chi connectivity index (χ1) is 14.5. The van der Waals surface area contributed by atoms with Crippen molar-refractivity contribution < 1.29 is 14.6 Å². The fraction of sp³-hybridized carbons (Fsp3) is 0.227. The Labute approximate surface area is 179 Å². The summed E-state index contributed by atoms with van der Waals surface area (Å²) in [4.78, 5) is 22.0. The third-order valence-electron chi connectivity index (χ3n) is 4.98. The first-order valence-electron chi connectivity index (χ1n) is 9.58. The SMILES string of the molecule is CC(Nc1ncnc2c1N(Cc1cccc(Cl)c1)CCO2)c1ccc(C(=O)O)cc1. The van der Waals surface area contributed by atoms with Gasteiger partial charge >= 0.3 is 5.97 Å². The molecule has 3 aromatic rings. The van der Waals surface area contributed by atoms with Crippen LogP contribution in [-0.4, -0.2) is 34.2 Å². The molecule has 0 radical (unpaired) electrons. The average molecular weight is 425 g/mol. The van der Waals surface area contributed by atoms with Gasteiger partial charge in [-0.1, -0.05) is 35.9 Å². The van der Waals surface area contributed by atoms with Crippen LogP contribution in [0.1, 0.15) is 34.5 Å². The Balaban J connectivity index is 1.59. The summed E-state index contributed by atoms with van der Waals surface area (Å²) in [5, 5.41) is 13.2. The van der Waals surface area contributed by atoms with Crippen LogP contribution in [0.5, 0.6) is 5.88 Å². The molecule has 7 nitrogen and oxygen atoms in total. The van der Waals surface area contributed by atoms with E-state index in [0.717, 1.165) is 16.8 Å². The third-order valence-corrected chi connectivity index (χ3v) is 5.21. The van der Waals surface area contributed by atoms with Crippen molar-refractivity contribution in [1.29, 1.82) is 0 Å². The first kappa shape index (κ1) is 20.0. The summed E-state index contributed by atoms with van der Waals surface area (Å²) in [7, 11) is 0.